The zero-order valence-electron chi connectivity index (χ0n) is 18.3. The smallest absolute Gasteiger partial charge is 0.239 e. The third kappa shape index (κ3) is 6.94. The molecule has 0 spiro atoms. The number of nitrogens with zero attached hydrogens (tertiary/aromatic N) is 1. The molecule has 1 aromatic heterocycles. The van der Waals surface area contributed by atoms with Gasteiger partial charge in [0.25, 0.3) is 0 Å². The Kier molecular flexibility index (Phi) is 8.63. The topological polar surface area (TPSA) is 97.1 Å². The van der Waals surface area contributed by atoms with Crippen LogP contribution < -0.4 is 25.4 Å². The largest absolute Gasteiger partial charge is 0.493 e. The average molecular weight is 429 g/mol. The standard InChI is InChI=1S/C23H32N4O4/c1-3-24-23(27-16-21(28)25-15-19-11-7-13-30-19)26-14-17-8-6-12-20(29-2)22(17)31-18-9-4-5-10-18/h6-8,11-13,18H,3-5,9-10,14-16H2,1-2H3,(H,25,28)(H2,24,26,27). The minimum Gasteiger partial charge on any atom is -0.493 e. The number of furan rings is 1. The van der Waals surface area contributed by atoms with Gasteiger partial charge < -0.3 is 29.8 Å². The van der Waals surface area contributed by atoms with Crippen molar-refractivity contribution in [2.45, 2.75) is 51.8 Å². The molecule has 31 heavy (non-hydrogen) atoms. The highest BCUT2D eigenvalue weighted by atomic mass is 16.5. The fraction of sp³-hybridized carbons (Fsp3) is 0.478. The first kappa shape index (κ1) is 22.5. The van der Waals surface area contributed by atoms with Gasteiger partial charge in [0.05, 0.1) is 39.1 Å². The number of amides is 1. The van der Waals surface area contributed by atoms with E-state index in [0.29, 0.717) is 31.4 Å². The fourth-order valence-electron chi connectivity index (χ4n) is 3.48. The van der Waals surface area contributed by atoms with E-state index in [1.54, 1.807) is 19.4 Å². The lowest BCUT2D eigenvalue weighted by Crippen LogP contribution is -2.43. The Morgan fingerprint density at radius 2 is 2.00 bits per heavy atom. The minimum atomic E-state index is -0.145. The Balaban J connectivity index is 1.60. The maximum atomic E-state index is 12.1. The number of methoxy groups -OCH3 is 1. The molecule has 3 N–H and O–H groups in total. The minimum absolute atomic E-state index is 0.107. The van der Waals surface area contributed by atoms with Crippen molar-refractivity contribution < 1.29 is 18.7 Å². The van der Waals surface area contributed by atoms with Crippen molar-refractivity contribution in [3.05, 3.63) is 47.9 Å². The van der Waals surface area contributed by atoms with Crippen LogP contribution in [0.3, 0.4) is 0 Å². The third-order valence-electron chi connectivity index (χ3n) is 5.08. The first-order valence-corrected chi connectivity index (χ1v) is 10.8. The first-order valence-electron chi connectivity index (χ1n) is 10.8. The first-order chi connectivity index (χ1) is 15.2. The summed E-state index contributed by atoms with van der Waals surface area (Å²) in [6, 6.07) is 9.45. The molecule has 168 valence electrons. The molecule has 0 bridgehead atoms. The van der Waals surface area contributed by atoms with E-state index in [1.807, 2.05) is 31.2 Å². The predicted molar refractivity (Wildman–Crippen MR) is 119 cm³/mol. The van der Waals surface area contributed by atoms with Gasteiger partial charge in [-0.15, -0.1) is 0 Å². The summed E-state index contributed by atoms with van der Waals surface area (Å²) in [5.41, 5.74) is 0.950. The summed E-state index contributed by atoms with van der Waals surface area (Å²) in [7, 11) is 1.65. The van der Waals surface area contributed by atoms with Gasteiger partial charge in [-0.2, -0.15) is 0 Å². The molecule has 0 aliphatic heterocycles. The van der Waals surface area contributed by atoms with Crippen LogP contribution in [-0.4, -0.2) is 38.2 Å². The van der Waals surface area contributed by atoms with E-state index >= 15 is 0 Å². The predicted octanol–water partition coefficient (Wildman–Crippen LogP) is 2.98. The van der Waals surface area contributed by atoms with Gasteiger partial charge in [-0.05, 0) is 50.8 Å². The monoisotopic (exact) mass is 428 g/mol. The lowest BCUT2D eigenvalue weighted by Gasteiger charge is -2.19. The van der Waals surface area contributed by atoms with Crippen LogP contribution in [0.25, 0.3) is 0 Å². The van der Waals surface area contributed by atoms with Crippen molar-refractivity contribution in [1.82, 2.24) is 16.0 Å². The highest BCUT2D eigenvalue weighted by Crippen LogP contribution is 2.35. The fourth-order valence-corrected chi connectivity index (χ4v) is 3.48. The van der Waals surface area contributed by atoms with Gasteiger partial charge in [-0.25, -0.2) is 4.99 Å². The van der Waals surface area contributed by atoms with Crippen LogP contribution in [-0.2, 0) is 17.9 Å². The second kappa shape index (κ2) is 11.9. The van der Waals surface area contributed by atoms with Crippen LogP contribution in [0.5, 0.6) is 11.5 Å². The van der Waals surface area contributed by atoms with E-state index in [2.05, 4.69) is 20.9 Å². The molecule has 3 rings (SSSR count). The van der Waals surface area contributed by atoms with E-state index < -0.39 is 0 Å². The molecule has 1 aromatic carbocycles. The molecule has 2 aromatic rings. The Morgan fingerprint density at radius 1 is 1.16 bits per heavy atom. The van der Waals surface area contributed by atoms with Crippen LogP contribution in [0.15, 0.2) is 46.0 Å². The number of hydrogen-bond acceptors (Lipinski definition) is 5. The molecule has 1 heterocycles. The highest BCUT2D eigenvalue weighted by Gasteiger charge is 2.20. The lowest BCUT2D eigenvalue weighted by atomic mass is 10.1. The molecule has 0 saturated heterocycles. The number of guanidine groups is 1. The molecule has 8 heteroatoms. The van der Waals surface area contributed by atoms with Crippen molar-refractivity contribution in [2.75, 3.05) is 20.2 Å². The number of rotatable bonds is 10. The van der Waals surface area contributed by atoms with Gasteiger partial charge >= 0.3 is 0 Å². The van der Waals surface area contributed by atoms with Crippen LogP contribution in [0.4, 0.5) is 0 Å². The SMILES string of the molecule is CCNC(=NCc1cccc(OC)c1OC1CCCC1)NCC(=O)NCc1ccco1. The number of nitrogens with one attached hydrogen (secondary N) is 3. The van der Waals surface area contributed by atoms with E-state index in [1.165, 1.54) is 12.8 Å². The average Bonchev–Trinajstić information content (AvgIpc) is 3.49. The van der Waals surface area contributed by atoms with Gasteiger partial charge in [0, 0.05) is 12.1 Å². The molecule has 1 amide bonds. The molecule has 0 atom stereocenters. The second-order valence-corrected chi connectivity index (χ2v) is 7.38. The number of benzene rings is 1. The zero-order chi connectivity index (χ0) is 21.9. The summed E-state index contributed by atoms with van der Waals surface area (Å²) >= 11 is 0. The summed E-state index contributed by atoms with van der Waals surface area (Å²) in [5.74, 6) is 2.60. The normalized spacial score (nSPS) is 14.3. The van der Waals surface area contributed by atoms with Crippen LogP contribution in [0.1, 0.15) is 43.9 Å². The van der Waals surface area contributed by atoms with Gasteiger partial charge in [0.1, 0.15) is 5.76 Å². The van der Waals surface area contributed by atoms with Gasteiger partial charge in [-0.1, -0.05) is 12.1 Å². The third-order valence-corrected chi connectivity index (χ3v) is 5.08. The summed E-state index contributed by atoms with van der Waals surface area (Å²) in [6.45, 7) is 3.53. The molecule has 8 nitrogen and oxygen atoms in total. The Bertz CT molecular complexity index is 845. The molecule has 0 unspecified atom stereocenters. The Hall–Kier alpha value is -3.16. The molecule has 1 aliphatic carbocycles. The van der Waals surface area contributed by atoms with Crippen LogP contribution >= 0.6 is 0 Å². The van der Waals surface area contributed by atoms with Crippen molar-refractivity contribution in [1.29, 1.82) is 0 Å². The van der Waals surface area contributed by atoms with E-state index in [9.17, 15) is 4.79 Å². The Labute approximate surface area is 183 Å². The van der Waals surface area contributed by atoms with Gasteiger partial charge in [0.15, 0.2) is 17.5 Å². The number of carbonyl (C=O) groups excluding carboxylic acids is 1. The van der Waals surface area contributed by atoms with Crippen molar-refractivity contribution in [3.63, 3.8) is 0 Å². The van der Waals surface area contributed by atoms with Crippen molar-refractivity contribution >= 4 is 11.9 Å². The number of aliphatic imine (C=N–C) groups is 1. The molecular formula is C23H32N4O4. The Morgan fingerprint density at radius 3 is 2.71 bits per heavy atom. The summed E-state index contributed by atoms with van der Waals surface area (Å²) in [4.78, 5) is 16.8. The van der Waals surface area contributed by atoms with Crippen molar-refractivity contribution in [3.8, 4) is 11.5 Å². The van der Waals surface area contributed by atoms with E-state index in [4.69, 9.17) is 13.9 Å². The summed E-state index contributed by atoms with van der Waals surface area (Å²) < 4.78 is 17.0. The zero-order valence-corrected chi connectivity index (χ0v) is 18.3. The number of hydrogen-bond donors (Lipinski definition) is 3. The number of ether oxygens (including phenoxy) is 2. The maximum Gasteiger partial charge on any atom is 0.239 e. The van der Waals surface area contributed by atoms with Gasteiger partial charge in [0.2, 0.25) is 5.91 Å². The molecule has 1 aliphatic rings. The number of para-hydroxylation sites is 1. The van der Waals surface area contributed by atoms with E-state index in [-0.39, 0.29) is 18.6 Å². The van der Waals surface area contributed by atoms with Gasteiger partial charge in [-0.3, -0.25) is 4.79 Å². The molecule has 1 saturated carbocycles. The molecular weight excluding hydrogens is 396 g/mol. The highest BCUT2D eigenvalue weighted by molar-refractivity contribution is 5.86. The maximum absolute atomic E-state index is 12.1. The summed E-state index contributed by atoms with van der Waals surface area (Å²) in [5, 5.41) is 9.04. The van der Waals surface area contributed by atoms with Crippen LogP contribution in [0, 0.1) is 0 Å². The second-order valence-electron chi connectivity index (χ2n) is 7.38. The van der Waals surface area contributed by atoms with Crippen molar-refractivity contribution in [2.24, 2.45) is 4.99 Å². The van der Waals surface area contributed by atoms with Crippen LogP contribution in [0.2, 0.25) is 0 Å². The quantitative estimate of drug-likeness (QED) is 0.398. The molecule has 1 fully saturated rings. The molecule has 0 radical (unpaired) electrons. The lowest BCUT2D eigenvalue weighted by molar-refractivity contribution is -0.120. The summed E-state index contributed by atoms with van der Waals surface area (Å²) in [6.07, 6.45) is 6.34. The van der Waals surface area contributed by atoms with E-state index in [0.717, 1.165) is 29.9 Å². The number of carbonyl (C=O) groups is 1.